The van der Waals surface area contributed by atoms with E-state index in [9.17, 15) is 0 Å². The van der Waals surface area contributed by atoms with Crippen molar-refractivity contribution in [3.8, 4) is 0 Å². The van der Waals surface area contributed by atoms with Crippen LogP contribution in [0.5, 0.6) is 0 Å². The van der Waals surface area contributed by atoms with Gasteiger partial charge in [0.1, 0.15) is 0 Å². The molecule has 0 bridgehead atoms. The van der Waals surface area contributed by atoms with E-state index < -0.39 is 0 Å². The molecule has 1 heterocycles. The summed E-state index contributed by atoms with van der Waals surface area (Å²) in [5, 5.41) is 4.01. The fourth-order valence-electron chi connectivity index (χ4n) is 1.41. The summed E-state index contributed by atoms with van der Waals surface area (Å²) in [6.07, 6.45) is 5.27. The molecular weight excluding hydrogens is 210 g/mol. The Morgan fingerprint density at radius 2 is 2.33 bits per heavy atom. The van der Waals surface area contributed by atoms with Crippen LogP contribution in [0.3, 0.4) is 0 Å². The van der Waals surface area contributed by atoms with Gasteiger partial charge >= 0.3 is 0 Å². The van der Waals surface area contributed by atoms with Gasteiger partial charge in [0, 0.05) is 5.41 Å². The van der Waals surface area contributed by atoms with Gasteiger partial charge in [-0.3, -0.25) is 0 Å². The van der Waals surface area contributed by atoms with Gasteiger partial charge in [-0.1, -0.05) is 12.1 Å². The molecular formula is C10H17N3OS. The summed E-state index contributed by atoms with van der Waals surface area (Å²) in [6.45, 7) is 2.16. The smallest absolute Gasteiger partial charge is 0.243 e. The third kappa shape index (κ3) is 2.34. The topological polar surface area (TPSA) is 64.9 Å². The van der Waals surface area contributed by atoms with E-state index in [1.54, 1.807) is 11.8 Å². The quantitative estimate of drug-likeness (QED) is 0.832. The van der Waals surface area contributed by atoms with Crippen molar-refractivity contribution >= 4 is 11.8 Å². The molecule has 2 N–H and O–H groups in total. The predicted molar refractivity (Wildman–Crippen MR) is 60.8 cm³/mol. The van der Waals surface area contributed by atoms with Crippen LogP contribution in [0.15, 0.2) is 4.52 Å². The third-order valence-electron chi connectivity index (χ3n) is 2.93. The van der Waals surface area contributed by atoms with Crippen LogP contribution in [-0.2, 0) is 5.41 Å². The van der Waals surface area contributed by atoms with Crippen molar-refractivity contribution in [1.29, 1.82) is 0 Å². The Bertz CT molecular complexity index is 335. The second-order valence-electron chi connectivity index (χ2n) is 4.40. The van der Waals surface area contributed by atoms with Crippen LogP contribution in [0.25, 0.3) is 0 Å². The molecule has 0 saturated heterocycles. The fourth-order valence-corrected chi connectivity index (χ4v) is 1.90. The SMILES string of the molecule is CSCC[C@@H](N)c1nc(C2(C)CC2)no1. The maximum Gasteiger partial charge on any atom is 0.243 e. The van der Waals surface area contributed by atoms with Crippen molar-refractivity contribution in [1.82, 2.24) is 10.1 Å². The number of thioether (sulfide) groups is 1. The van der Waals surface area contributed by atoms with E-state index in [1.807, 2.05) is 0 Å². The zero-order chi connectivity index (χ0) is 10.9. The van der Waals surface area contributed by atoms with Gasteiger partial charge in [0.25, 0.3) is 0 Å². The monoisotopic (exact) mass is 227 g/mol. The molecule has 84 valence electrons. The molecule has 1 aliphatic rings. The molecule has 1 saturated carbocycles. The maximum atomic E-state index is 5.95. The van der Waals surface area contributed by atoms with Gasteiger partial charge in [0.05, 0.1) is 6.04 Å². The van der Waals surface area contributed by atoms with Gasteiger partial charge < -0.3 is 10.3 Å². The Morgan fingerprint density at radius 3 is 2.93 bits per heavy atom. The molecule has 2 rings (SSSR count). The molecule has 1 aromatic rings. The average Bonchev–Trinajstić information content (AvgIpc) is 2.82. The minimum atomic E-state index is -0.110. The first-order chi connectivity index (χ1) is 7.15. The van der Waals surface area contributed by atoms with Crippen molar-refractivity contribution in [2.45, 2.75) is 37.6 Å². The van der Waals surface area contributed by atoms with E-state index >= 15 is 0 Å². The number of hydrogen-bond acceptors (Lipinski definition) is 5. The van der Waals surface area contributed by atoms with Gasteiger partial charge in [-0.05, 0) is 31.3 Å². The van der Waals surface area contributed by atoms with Crippen LogP contribution in [0.1, 0.15) is 43.9 Å². The van der Waals surface area contributed by atoms with Gasteiger partial charge in [-0.15, -0.1) is 0 Å². The number of nitrogens with zero attached hydrogens (tertiary/aromatic N) is 2. The predicted octanol–water partition coefficient (Wildman–Crippen LogP) is 1.87. The number of nitrogens with two attached hydrogens (primary N) is 1. The first-order valence-corrected chi connectivity index (χ1v) is 6.64. The van der Waals surface area contributed by atoms with Gasteiger partial charge in [0.2, 0.25) is 5.89 Å². The third-order valence-corrected chi connectivity index (χ3v) is 3.58. The summed E-state index contributed by atoms with van der Waals surface area (Å²) < 4.78 is 5.19. The number of hydrogen-bond donors (Lipinski definition) is 1. The van der Waals surface area contributed by atoms with Crippen molar-refractivity contribution in [3.05, 3.63) is 11.7 Å². The molecule has 0 aliphatic heterocycles. The molecule has 0 radical (unpaired) electrons. The molecule has 0 aromatic carbocycles. The van der Waals surface area contributed by atoms with E-state index in [0.717, 1.165) is 30.8 Å². The van der Waals surface area contributed by atoms with Gasteiger partial charge in [0.15, 0.2) is 5.82 Å². The first kappa shape index (κ1) is 11.0. The molecule has 0 unspecified atom stereocenters. The second kappa shape index (κ2) is 4.14. The van der Waals surface area contributed by atoms with E-state index in [4.69, 9.17) is 10.3 Å². The van der Waals surface area contributed by atoms with Crippen LogP contribution in [0, 0.1) is 0 Å². The average molecular weight is 227 g/mol. The molecule has 4 nitrogen and oxygen atoms in total. The molecule has 0 spiro atoms. The summed E-state index contributed by atoms with van der Waals surface area (Å²) in [5.74, 6) is 2.44. The summed E-state index contributed by atoms with van der Waals surface area (Å²) in [7, 11) is 0. The number of rotatable bonds is 5. The van der Waals surface area contributed by atoms with Crippen LogP contribution in [0.4, 0.5) is 0 Å². The lowest BCUT2D eigenvalue weighted by molar-refractivity contribution is 0.346. The lowest BCUT2D eigenvalue weighted by atomic mass is 10.1. The van der Waals surface area contributed by atoms with E-state index in [2.05, 4.69) is 23.3 Å². The maximum absolute atomic E-state index is 5.95. The van der Waals surface area contributed by atoms with Crippen molar-refractivity contribution in [3.63, 3.8) is 0 Å². The molecule has 0 amide bonds. The van der Waals surface area contributed by atoms with Gasteiger partial charge in [-0.25, -0.2) is 0 Å². The second-order valence-corrected chi connectivity index (χ2v) is 5.39. The Morgan fingerprint density at radius 1 is 1.60 bits per heavy atom. The van der Waals surface area contributed by atoms with Crippen LogP contribution < -0.4 is 5.73 Å². The molecule has 1 fully saturated rings. The molecule has 1 atom stereocenters. The van der Waals surface area contributed by atoms with Crippen LogP contribution in [0.2, 0.25) is 0 Å². The van der Waals surface area contributed by atoms with E-state index in [-0.39, 0.29) is 11.5 Å². The standard InChI is InChI=1S/C10H17N3OS/c1-10(4-5-10)9-12-8(14-13-9)7(11)3-6-15-2/h7H,3-6,11H2,1-2H3/t7-/m1/s1. The summed E-state index contributed by atoms with van der Waals surface area (Å²) in [4.78, 5) is 4.38. The van der Waals surface area contributed by atoms with Gasteiger partial charge in [-0.2, -0.15) is 16.7 Å². The molecule has 1 aliphatic carbocycles. The Balaban J connectivity index is 2.00. The fraction of sp³-hybridized carbons (Fsp3) is 0.800. The minimum absolute atomic E-state index is 0.110. The highest BCUT2D eigenvalue weighted by Gasteiger charge is 2.43. The van der Waals surface area contributed by atoms with Crippen molar-refractivity contribution in [2.75, 3.05) is 12.0 Å². The summed E-state index contributed by atoms with van der Waals surface area (Å²) in [5.41, 5.74) is 6.12. The molecule has 15 heavy (non-hydrogen) atoms. The van der Waals surface area contributed by atoms with Crippen molar-refractivity contribution < 1.29 is 4.52 Å². The molecule has 5 heteroatoms. The summed E-state index contributed by atoms with van der Waals surface area (Å²) >= 11 is 1.78. The van der Waals surface area contributed by atoms with E-state index in [1.165, 1.54) is 0 Å². The number of aromatic nitrogens is 2. The highest BCUT2D eigenvalue weighted by atomic mass is 32.2. The van der Waals surface area contributed by atoms with E-state index in [0.29, 0.717) is 5.89 Å². The first-order valence-electron chi connectivity index (χ1n) is 5.24. The highest BCUT2D eigenvalue weighted by Crippen LogP contribution is 2.46. The zero-order valence-corrected chi connectivity index (χ0v) is 10.0. The highest BCUT2D eigenvalue weighted by molar-refractivity contribution is 7.98. The largest absolute Gasteiger partial charge is 0.338 e. The zero-order valence-electron chi connectivity index (χ0n) is 9.19. The van der Waals surface area contributed by atoms with Crippen LogP contribution in [-0.4, -0.2) is 22.1 Å². The Hall–Kier alpha value is -0.550. The van der Waals surface area contributed by atoms with Crippen molar-refractivity contribution in [2.24, 2.45) is 5.73 Å². The molecule has 1 aromatic heterocycles. The lowest BCUT2D eigenvalue weighted by Crippen LogP contribution is -2.12. The lowest BCUT2D eigenvalue weighted by Gasteiger charge is -2.04. The summed E-state index contributed by atoms with van der Waals surface area (Å²) in [6, 6.07) is -0.110. The Kier molecular flexibility index (Phi) is 3.02. The van der Waals surface area contributed by atoms with Crippen LogP contribution >= 0.6 is 11.8 Å². The normalized spacial score (nSPS) is 20.2. The minimum Gasteiger partial charge on any atom is -0.338 e. The Labute approximate surface area is 94.0 Å².